The van der Waals surface area contributed by atoms with Gasteiger partial charge < -0.3 is 14.8 Å². The average molecular weight is 348 g/mol. The van der Waals surface area contributed by atoms with Crippen LogP contribution in [-0.4, -0.2) is 19.1 Å². The van der Waals surface area contributed by atoms with E-state index >= 15 is 0 Å². The number of methoxy groups -OCH3 is 1. The zero-order chi connectivity index (χ0) is 17.7. The van der Waals surface area contributed by atoms with Crippen LogP contribution in [0.3, 0.4) is 0 Å². The molecule has 4 nitrogen and oxygen atoms in total. The average Bonchev–Trinajstić information content (AvgIpc) is 2.58. The summed E-state index contributed by atoms with van der Waals surface area (Å²) in [7, 11) is 1.62. The molecule has 128 valence electrons. The predicted molar refractivity (Wildman–Crippen MR) is 95.8 cm³/mol. The van der Waals surface area contributed by atoms with Crippen LogP contribution in [0.2, 0.25) is 5.02 Å². The summed E-state index contributed by atoms with van der Waals surface area (Å²) in [6.45, 7) is 5.55. The van der Waals surface area contributed by atoms with E-state index in [9.17, 15) is 4.79 Å². The third-order valence-electron chi connectivity index (χ3n) is 3.79. The fourth-order valence-corrected chi connectivity index (χ4v) is 2.37. The van der Waals surface area contributed by atoms with Gasteiger partial charge >= 0.3 is 0 Å². The number of ether oxygens (including phenoxy) is 2. The molecule has 0 unspecified atom stereocenters. The van der Waals surface area contributed by atoms with Crippen LogP contribution in [0.4, 0.5) is 0 Å². The molecule has 0 spiro atoms. The lowest BCUT2D eigenvalue weighted by atomic mass is 10.1. The van der Waals surface area contributed by atoms with Gasteiger partial charge in [0.05, 0.1) is 13.2 Å². The van der Waals surface area contributed by atoms with Gasteiger partial charge in [-0.25, -0.2) is 0 Å². The number of carbonyl (C=O) groups excluding carboxylic acids is 1. The molecule has 1 N–H and O–H groups in total. The lowest BCUT2D eigenvalue weighted by Crippen LogP contribution is -2.37. The smallest absolute Gasteiger partial charge is 0.261 e. The van der Waals surface area contributed by atoms with Crippen LogP contribution in [0.15, 0.2) is 42.5 Å². The highest BCUT2D eigenvalue weighted by molar-refractivity contribution is 6.31. The van der Waals surface area contributed by atoms with E-state index < -0.39 is 6.10 Å². The number of hydrogen-bond acceptors (Lipinski definition) is 3. The second-order valence-electron chi connectivity index (χ2n) is 5.67. The molecule has 2 aromatic carbocycles. The monoisotopic (exact) mass is 347 g/mol. The minimum atomic E-state index is -0.605. The first-order valence-electron chi connectivity index (χ1n) is 7.78. The van der Waals surface area contributed by atoms with Crippen molar-refractivity contribution in [2.75, 3.05) is 7.11 Å². The van der Waals surface area contributed by atoms with E-state index in [0.29, 0.717) is 10.8 Å². The number of benzene rings is 2. The fraction of sp³-hybridized carbons (Fsp3) is 0.316. The Labute approximate surface area is 147 Å². The Balaban J connectivity index is 1.95. The summed E-state index contributed by atoms with van der Waals surface area (Å²) in [4.78, 5) is 12.3. The number of hydrogen-bond donors (Lipinski definition) is 1. The first-order valence-corrected chi connectivity index (χ1v) is 8.15. The fourth-order valence-electron chi connectivity index (χ4n) is 2.25. The van der Waals surface area contributed by atoms with E-state index in [4.69, 9.17) is 21.1 Å². The highest BCUT2D eigenvalue weighted by Gasteiger charge is 2.18. The number of carbonyl (C=O) groups is 1. The predicted octanol–water partition coefficient (Wildman–Crippen LogP) is 4.30. The zero-order valence-corrected chi connectivity index (χ0v) is 15.1. The summed E-state index contributed by atoms with van der Waals surface area (Å²) < 4.78 is 10.8. The maximum Gasteiger partial charge on any atom is 0.261 e. The van der Waals surface area contributed by atoms with Gasteiger partial charge in [0, 0.05) is 5.02 Å². The topological polar surface area (TPSA) is 47.6 Å². The van der Waals surface area contributed by atoms with E-state index in [1.165, 1.54) is 0 Å². The van der Waals surface area contributed by atoms with Crippen molar-refractivity contribution in [2.45, 2.75) is 32.9 Å². The van der Waals surface area contributed by atoms with Crippen molar-refractivity contribution < 1.29 is 14.3 Å². The van der Waals surface area contributed by atoms with Crippen LogP contribution in [0.5, 0.6) is 11.5 Å². The van der Waals surface area contributed by atoms with Gasteiger partial charge in [0.25, 0.3) is 5.91 Å². The molecule has 0 radical (unpaired) electrons. The third kappa shape index (κ3) is 4.65. The van der Waals surface area contributed by atoms with Gasteiger partial charge in [-0.2, -0.15) is 0 Å². The second-order valence-corrected chi connectivity index (χ2v) is 6.08. The van der Waals surface area contributed by atoms with E-state index in [-0.39, 0.29) is 11.9 Å². The normalized spacial score (nSPS) is 13.0. The van der Waals surface area contributed by atoms with E-state index in [2.05, 4.69) is 5.32 Å². The highest BCUT2D eigenvalue weighted by atomic mass is 35.5. The molecule has 0 aliphatic heterocycles. The third-order valence-corrected chi connectivity index (χ3v) is 4.21. The Morgan fingerprint density at radius 2 is 1.71 bits per heavy atom. The Morgan fingerprint density at radius 3 is 2.29 bits per heavy atom. The van der Waals surface area contributed by atoms with Crippen LogP contribution >= 0.6 is 11.6 Å². The van der Waals surface area contributed by atoms with Gasteiger partial charge in [-0.3, -0.25) is 4.79 Å². The van der Waals surface area contributed by atoms with Crippen molar-refractivity contribution in [2.24, 2.45) is 0 Å². The molecule has 2 aromatic rings. The SMILES string of the molecule is COc1ccc([C@@H](C)NC(=O)[C@H](C)Oc2ccc(Cl)c(C)c2)cc1. The van der Waals surface area contributed by atoms with Crippen molar-refractivity contribution >= 4 is 17.5 Å². The molecule has 0 saturated heterocycles. The first kappa shape index (κ1) is 18.1. The molecule has 0 bridgehead atoms. The van der Waals surface area contributed by atoms with Gasteiger partial charge in [-0.1, -0.05) is 23.7 Å². The molecule has 0 fully saturated rings. The lowest BCUT2D eigenvalue weighted by Gasteiger charge is -2.19. The van der Waals surface area contributed by atoms with E-state index in [0.717, 1.165) is 16.9 Å². The minimum Gasteiger partial charge on any atom is -0.497 e. The Bertz CT molecular complexity index is 700. The molecule has 0 aliphatic carbocycles. The van der Waals surface area contributed by atoms with Crippen molar-refractivity contribution in [1.82, 2.24) is 5.32 Å². The number of amides is 1. The number of halogens is 1. The van der Waals surface area contributed by atoms with Crippen molar-refractivity contribution in [3.05, 3.63) is 58.6 Å². The number of rotatable bonds is 6. The molecule has 5 heteroatoms. The second kappa shape index (κ2) is 8.06. The maximum absolute atomic E-state index is 12.3. The molecule has 0 aliphatic rings. The van der Waals surface area contributed by atoms with Crippen molar-refractivity contribution in [3.63, 3.8) is 0 Å². The largest absolute Gasteiger partial charge is 0.497 e. The van der Waals surface area contributed by atoms with Crippen LogP contribution in [0.25, 0.3) is 0 Å². The summed E-state index contributed by atoms with van der Waals surface area (Å²) >= 11 is 5.99. The summed E-state index contributed by atoms with van der Waals surface area (Å²) in [6, 6.07) is 12.8. The summed E-state index contributed by atoms with van der Waals surface area (Å²) in [5.41, 5.74) is 1.91. The van der Waals surface area contributed by atoms with Crippen LogP contribution in [-0.2, 0) is 4.79 Å². The zero-order valence-electron chi connectivity index (χ0n) is 14.3. The minimum absolute atomic E-state index is 0.124. The van der Waals surface area contributed by atoms with Crippen LogP contribution < -0.4 is 14.8 Å². The van der Waals surface area contributed by atoms with Gasteiger partial charge in [0.1, 0.15) is 11.5 Å². The van der Waals surface area contributed by atoms with E-state index in [1.807, 2.05) is 44.2 Å². The molecule has 24 heavy (non-hydrogen) atoms. The standard InChI is InChI=1S/C19H22ClNO3/c1-12-11-17(9-10-18(12)20)24-14(3)19(22)21-13(2)15-5-7-16(23-4)8-6-15/h5-11,13-14H,1-4H3,(H,21,22)/t13-,14+/m1/s1. The molecule has 0 heterocycles. The molecule has 0 saturated carbocycles. The maximum atomic E-state index is 12.3. The quantitative estimate of drug-likeness (QED) is 0.847. The van der Waals surface area contributed by atoms with Crippen molar-refractivity contribution in [3.8, 4) is 11.5 Å². The molecular weight excluding hydrogens is 326 g/mol. The Hall–Kier alpha value is -2.20. The number of aryl methyl sites for hydroxylation is 1. The van der Waals surface area contributed by atoms with Gasteiger partial charge in [-0.05, 0) is 62.2 Å². The molecule has 0 aromatic heterocycles. The van der Waals surface area contributed by atoms with E-state index in [1.54, 1.807) is 26.2 Å². The molecule has 2 rings (SSSR count). The van der Waals surface area contributed by atoms with Crippen molar-refractivity contribution in [1.29, 1.82) is 0 Å². The first-order chi connectivity index (χ1) is 11.4. The Morgan fingerprint density at radius 1 is 1.08 bits per heavy atom. The summed E-state index contributed by atoms with van der Waals surface area (Å²) in [5.74, 6) is 1.23. The lowest BCUT2D eigenvalue weighted by molar-refractivity contribution is -0.127. The molecule has 1 amide bonds. The van der Waals surface area contributed by atoms with Gasteiger partial charge in [-0.15, -0.1) is 0 Å². The summed E-state index contributed by atoms with van der Waals surface area (Å²) in [6.07, 6.45) is -0.605. The van der Waals surface area contributed by atoms with Gasteiger partial charge in [0.15, 0.2) is 6.10 Å². The van der Waals surface area contributed by atoms with Crippen LogP contribution in [0.1, 0.15) is 31.0 Å². The number of nitrogens with one attached hydrogen (secondary N) is 1. The Kier molecular flexibility index (Phi) is 6.10. The molecule has 2 atom stereocenters. The highest BCUT2D eigenvalue weighted by Crippen LogP contribution is 2.22. The summed E-state index contributed by atoms with van der Waals surface area (Å²) in [5, 5.41) is 3.62. The van der Waals surface area contributed by atoms with Gasteiger partial charge in [0.2, 0.25) is 0 Å². The van der Waals surface area contributed by atoms with Crippen LogP contribution in [0, 0.1) is 6.92 Å². The molecular formula is C19H22ClNO3.